The van der Waals surface area contributed by atoms with E-state index in [1.54, 1.807) is 0 Å². The zero-order valence-corrected chi connectivity index (χ0v) is 8.23. The summed E-state index contributed by atoms with van der Waals surface area (Å²) >= 11 is 0. The molecule has 0 amide bonds. The van der Waals surface area contributed by atoms with Crippen LogP contribution in [0.15, 0.2) is 0 Å². The molecule has 92 valence electrons. The van der Waals surface area contributed by atoms with Gasteiger partial charge in [0.05, 0.1) is 0 Å². The summed E-state index contributed by atoms with van der Waals surface area (Å²) in [5.74, 6) is -5.31. The van der Waals surface area contributed by atoms with Gasteiger partial charge in [-0.3, -0.25) is 4.52 Å². The molecular formula is C5H8F5O4P. The lowest BCUT2D eigenvalue weighted by molar-refractivity contribution is -0.350. The molecule has 2 N–H and O–H groups in total. The molecule has 0 aromatic rings. The van der Waals surface area contributed by atoms with Gasteiger partial charge in [-0.05, 0) is 6.92 Å². The molecule has 1 atom stereocenters. The van der Waals surface area contributed by atoms with Gasteiger partial charge in [-0.15, -0.1) is 0 Å². The number of rotatable bonds is 5. The zero-order chi connectivity index (χ0) is 12.3. The smallest absolute Gasteiger partial charge is 0.347 e. The summed E-state index contributed by atoms with van der Waals surface area (Å²) in [7, 11) is -3.37. The third kappa shape index (κ3) is 4.12. The summed E-state index contributed by atoms with van der Waals surface area (Å²) in [5, 5.41) is 0. The lowest BCUT2D eigenvalue weighted by Gasteiger charge is -2.27. The van der Waals surface area contributed by atoms with Crippen LogP contribution in [0.2, 0.25) is 0 Å². The van der Waals surface area contributed by atoms with Crippen molar-refractivity contribution in [3.63, 3.8) is 0 Å². The first-order valence-electron chi connectivity index (χ1n) is 3.53. The molecule has 4 nitrogen and oxygen atoms in total. The average molecular weight is 258 g/mol. The fourth-order valence-corrected chi connectivity index (χ4v) is 0.936. The second-order valence-corrected chi connectivity index (χ2v) is 2.98. The van der Waals surface area contributed by atoms with E-state index in [0.717, 1.165) is 6.92 Å². The molecule has 0 aliphatic rings. The Kier molecular flexibility index (Phi) is 5.28. The summed E-state index contributed by atoms with van der Waals surface area (Å²) in [6.07, 6.45) is -8.96. The Balaban J connectivity index is 4.73. The molecule has 0 heterocycles. The lowest BCUT2D eigenvalue weighted by atomic mass is 10.3. The average Bonchev–Trinajstić information content (AvgIpc) is 2.00. The van der Waals surface area contributed by atoms with Crippen LogP contribution in [-0.4, -0.2) is 34.8 Å². The Morgan fingerprint density at radius 3 is 1.93 bits per heavy atom. The fraction of sp³-hybridized carbons (Fsp3) is 1.00. The highest BCUT2D eigenvalue weighted by molar-refractivity contribution is 7.39. The minimum Gasteiger partial charge on any atom is -0.347 e. The second kappa shape index (κ2) is 5.31. The number of alkyl halides is 5. The van der Waals surface area contributed by atoms with Gasteiger partial charge in [-0.1, -0.05) is 0 Å². The van der Waals surface area contributed by atoms with Crippen LogP contribution in [-0.2, 0) is 9.26 Å². The van der Waals surface area contributed by atoms with Crippen LogP contribution < -0.4 is 0 Å². The molecule has 0 aromatic heterocycles. The monoisotopic (exact) mass is 258 g/mol. The molecule has 0 saturated heterocycles. The molecule has 0 radical (unpaired) electrons. The molecule has 0 saturated carbocycles. The molecule has 0 fully saturated rings. The van der Waals surface area contributed by atoms with Gasteiger partial charge in [-0.2, -0.15) is 22.0 Å². The minimum atomic E-state index is -5.89. The maximum absolute atomic E-state index is 12.6. The van der Waals surface area contributed by atoms with Crippen molar-refractivity contribution in [1.82, 2.24) is 0 Å². The number of ether oxygens (including phenoxy) is 1. The highest BCUT2D eigenvalue weighted by Crippen LogP contribution is 2.43. The van der Waals surface area contributed by atoms with Gasteiger partial charge in [0, 0.05) is 6.61 Å². The predicted octanol–water partition coefficient (Wildman–Crippen LogP) is 1.77. The molecule has 0 aromatic carbocycles. The first kappa shape index (κ1) is 14.9. The number of hydrogen-bond acceptors (Lipinski definition) is 4. The lowest BCUT2D eigenvalue weighted by Crippen LogP contribution is -2.49. The largest absolute Gasteiger partial charge is 0.458 e. The SMILES string of the molecule is CCOC(OP(O)O)C(F)(F)C(F)(F)F. The summed E-state index contributed by atoms with van der Waals surface area (Å²) in [6.45, 7) is 0.652. The predicted molar refractivity (Wildman–Crippen MR) is 38.9 cm³/mol. The van der Waals surface area contributed by atoms with Gasteiger partial charge >= 0.3 is 20.7 Å². The van der Waals surface area contributed by atoms with E-state index in [1.165, 1.54) is 0 Å². The van der Waals surface area contributed by atoms with Crippen molar-refractivity contribution in [2.24, 2.45) is 0 Å². The maximum atomic E-state index is 12.6. The Bertz CT molecular complexity index is 196. The van der Waals surface area contributed by atoms with Gasteiger partial charge in [-0.25, -0.2) is 0 Å². The first-order chi connectivity index (χ1) is 6.63. The van der Waals surface area contributed by atoms with Crippen molar-refractivity contribution in [3.05, 3.63) is 0 Å². The third-order valence-corrected chi connectivity index (χ3v) is 1.56. The summed E-state index contributed by atoms with van der Waals surface area (Å²) in [4.78, 5) is 16.4. The van der Waals surface area contributed by atoms with Crippen LogP contribution in [0.4, 0.5) is 22.0 Å². The Morgan fingerprint density at radius 1 is 1.20 bits per heavy atom. The molecule has 0 rings (SSSR count). The van der Waals surface area contributed by atoms with Crippen molar-refractivity contribution in [3.8, 4) is 0 Å². The van der Waals surface area contributed by atoms with Crippen molar-refractivity contribution in [2.45, 2.75) is 25.3 Å². The van der Waals surface area contributed by atoms with Gasteiger partial charge in [0.15, 0.2) is 0 Å². The topological polar surface area (TPSA) is 58.9 Å². The second-order valence-electron chi connectivity index (χ2n) is 2.27. The third-order valence-electron chi connectivity index (χ3n) is 1.18. The van der Waals surface area contributed by atoms with Crippen molar-refractivity contribution < 1.29 is 41.0 Å². The molecule has 0 bridgehead atoms. The van der Waals surface area contributed by atoms with Crippen LogP contribution >= 0.6 is 8.60 Å². The van der Waals surface area contributed by atoms with Crippen LogP contribution in [0.5, 0.6) is 0 Å². The standard InChI is InChI=1S/C5H8F5O4P/c1-2-13-3(14-15(11)12)4(6,7)5(8,9)10/h3,11-12H,2H2,1H3. The molecular weight excluding hydrogens is 250 g/mol. The van der Waals surface area contributed by atoms with E-state index >= 15 is 0 Å². The van der Waals surface area contributed by atoms with E-state index in [9.17, 15) is 22.0 Å². The van der Waals surface area contributed by atoms with Crippen LogP contribution in [0, 0.1) is 0 Å². The van der Waals surface area contributed by atoms with Crippen molar-refractivity contribution in [2.75, 3.05) is 6.61 Å². The normalized spacial score (nSPS) is 15.8. The van der Waals surface area contributed by atoms with Gasteiger partial charge in [0.2, 0.25) is 6.29 Å². The van der Waals surface area contributed by atoms with E-state index in [1.807, 2.05) is 0 Å². The molecule has 0 aliphatic carbocycles. The summed E-state index contributed by atoms with van der Waals surface area (Å²) in [5.41, 5.74) is 0. The molecule has 0 spiro atoms. The van der Waals surface area contributed by atoms with Crippen LogP contribution in [0.3, 0.4) is 0 Å². The molecule has 1 unspecified atom stereocenters. The van der Waals surface area contributed by atoms with E-state index in [-0.39, 0.29) is 0 Å². The Hall–Kier alpha value is -0.0800. The summed E-state index contributed by atoms with van der Waals surface area (Å²) in [6, 6.07) is 0. The fourth-order valence-electron chi connectivity index (χ4n) is 0.572. The van der Waals surface area contributed by atoms with Crippen LogP contribution in [0.25, 0.3) is 0 Å². The Labute approximate surface area is 82.6 Å². The Morgan fingerprint density at radius 2 is 1.67 bits per heavy atom. The zero-order valence-electron chi connectivity index (χ0n) is 7.33. The summed E-state index contributed by atoms with van der Waals surface area (Å²) < 4.78 is 68.0. The highest BCUT2D eigenvalue weighted by atomic mass is 31.2. The van der Waals surface area contributed by atoms with Crippen LogP contribution in [0.1, 0.15) is 6.92 Å². The minimum absolute atomic E-state index is 0.500. The highest BCUT2D eigenvalue weighted by Gasteiger charge is 2.64. The molecule has 0 aliphatic heterocycles. The van der Waals surface area contributed by atoms with Crippen molar-refractivity contribution >= 4 is 8.60 Å². The van der Waals surface area contributed by atoms with E-state index in [2.05, 4.69) is 9.26 Å². The number of halogens is 5. The van der Waals surface area contributed by atoms with E-state index in [4.69, 9.17) is 9.79 Å². The molecule has 10 heteroatoms. The van der Waals surface area contributed by atoms with E-state index in [0.29, 0.717) is 0 Å². The first-order valence-corrected chi connectivity index (χ1v) is 4.70. The van der Waals surface area contributed by atoms with E-state index < -0.39 is 33.6 Å². The van der Waals surface area contributed by atoms with Gasteiger partial charge < -0.3 is 14.5 Å². The number of hydrogen-bond donors (Lipinski definition) is 2. The molecule has 15 heavy (non-hydrogen) atoms. The van der Waals surface area contributed by atoms with Crippen molar-refractivity contribution in [1.29, 1.82) is 0 Å². The quantitative estimate of drug-likeness (QED) is 0.448. The van der Waals surface area contributed by atoms with Gasteiger partial charge in [0.25, 0.3) is 0 Å². The maximum Gasteiger partial charge on any atom is 0.458 e. The van der Waals surface area contributed by atoms with Gasteiger partial charge in [0.1, 0.15) is 0 Å².